The Balaban J connectivity index is 1.03. The third-order valence-corrected chi connectivity index (χ3v) is 17.9. The van der Waals surface area contributed by atoms with E-state index in [1.807, 2.05) is 23.5 Å². The average Bonchev–Trinajstić information content (AvgIpc) is 3.90. The van der Waals surface area contributed by atoms with Gasteiger partial charge in [-0.05, 0) is 126 Å². The lowest BCUT2D eigenvalue weighted by Crippen LogP contribution is -2.32. The summed E-state index contributed by atoms with van der Waals surface area (Å²) in [7, 11) is 0. The lowest BCUT2D eigenvalue weighted by atomic mass is 9.67. The number of hydrogen-bond donors (Lipinski definition) is 0. The van der Waals surface area contributed by atoms with Crippen LogP contribution in [-0.4, -0.2) is 0 Å². The van der Waals surface area contributed by atoms with Crippen LogP contribution in [0.25, 0.3) is 44.5 Å². The van der Waals surface area contributed by atoms with Gasteiger partial charge in [0.1, 0.15) is 0 Å². The molecule has 332 valence electrons. The summed E-state index contributed by atoms with van der Waals surface area (Å²) in [6.45, 7) is 0. The molecule has 3 heteroatoms. The molecule has 0 N–H and O–H groups in total. The van der Waals surface area contributed by atoms with Crippen molar-refractivity contribution in [2.45, 2.75) is 30.4 Å². The number of benzene rings is 11. The summed E-state index contributed by atoms with van der Waals surface area (Å²) >= 11 is 3.78. The van der Waals surface area contributed by atoms with Gasteiger partial charge in [0.05, 0.1) is 22.2 Å². The second-order valence-electron chi connectivity index (χ2n) is 19.0. The van der Waals surface area contributed by atoms with Gasteiger partial charge in [0.2, 0.25) is 0 Å². The zero-order valence-electron chi connectivity index (χ0n) is 38.6. The van der Waals surface area contributed by atoms with E-state index < -0.39 is 10.8 Å². The summed E-state index contributed by atoms with van der Waals surface area (Å²) in [6, 6.07) is 98.1. The Labute approximate surface area is 423 Å². The van der Waals surface area contributed by atoms with Crippen LogP contribution in [0.4, 0.5) is 17.1 Å². The molecule has 71 heavy (non-hydrogen) atoms. The molecule has 0 unspecified atom stereocenters. The van der Waals surface area contributed by atoms with Gasteiger partial charge in [-0.1, -0.05) is 236 Å². The highest BCUT2D eigenvalue weighted by atomic mass is 32.2. The third-order valence-electron chi connectivity index (χ3n) is 15.6. The number of para-hydroxylation sites is 1. The second-order valence-corrected chi connectivity index (χ2v) is 21.2. The molecule has 0 saturated heterocycles. The second kappa shape index (κ2) is 15.7. The maximum absolute atomic E-state index is 2.59. The Morgan fingerprint density at radius 3 is 1.27 bits per heavy atom. The van der Waals surface area contributed by atoms with Gasteiger partial charge < -0.3 is 4.90 Å². The van der Waals surface area contributed by atoms with Crippen LogP contribution in [-0.2, 0) is 10.8 Å². The van der Waals surface area contributed by atoms with Crippen LogP contribution in [0.1, 0.15) is 44.5 Å². The van der Waals surface area contributed by atoms with Gasteiger partial charge in [0.15, 0.2) is 0 Å². The quantitative estimate of drug-likeness (QED) is 0.169. The summed E-state index contributed by atoms with van der Waals surface area (Å²) in [5.74, 6) is 0. The minimum Gasteiger partial charge on any atom is -0.309 e. The molecule has 1 nitrogen and oxygen atoms in total. The van der Waals surface area contributed by atoms with Crippen molar-refractivity contribution in [3.63, 3.8) is 0 Å². The maximum Gasteiger partial charge on any atom is 0.0736 e. The first-order valence-corrected chi connectivity index (χ1v) is 26.1. The van der Waals surface area contributed by atoms with E-state index in [-0.39, 0.29) is 0 Å². The number of nitrogens with zero attached hydrogens (tertiary/aromatic N) is 1. The topological polar surface area (TPSA) is 3.24 Å². The van der Waals surface area contributed by atoms with Crippen molar-refractivity contribution in [1.82, 2.24) is 0 Å². The molecule has 15 rings (SSSR count). The van der Waals surface area contributed by atoms with Crippen molar-refractivity contribution < 1.29 is 0 Å². The van der Waals surface area contributed by atoms with Crippen LogP contribution in [0, 0.1) is 0 Å². The van der Waals surface area contributed by atoms with Gasteiger partial charge in [-0.25, -0.2) is 0 Å². The zero-order valence-corrected chi connectivity index (χ0v) is 40.2. The van der Waals surface area contributed by atoms with Crippen molar-refractivity contribution >= 4 is 40.6 Å². The fraction of sp³-hybridized carbons (Fsp3) is 0.0294. The van der Waals surface area contributed by atoms with Crippen LogP contribution in [0.3, 0.4) is 0 Å². The van der Waals surface area contributed by atoms with Gasteiger partial charge in [0, 0.05) is 36.4 Å². The highest BCUT2D eigenvalue weighted by Gasteiger charge is 2.53. The molecule has 0 radical (unpaired) electrons. The molecule has 0 saturated carbocycles. The lowest BCUT2D eigenvalue weighted by molar-refractivity contribution is 0.722. The van der Waals surface area contributed by atoms with E-state index in [0.717, 1.165) is 17.1 Å². The molecule has 4 aliphatic rings. The van der Waals surface area contributed by atoms with Crippen molar-refractivity contribution in [2.24, 2.45) is 0 Å². The van der Waals surface area contributed by atoms with E-state index in [0.29, 0.717) is 0 Å². The van der Waals surface area contributed by atoms with E-state index in [1.165, 1.54) is 109 Å². The Hall–Kier alpha value is -8.08. The number of anilines is 3. The number of rotatable bonds is 5. The molecular weight excluding hydrogens is 895 g/mol. The molecule has 0 aromatic heterocycles. The first-order valence-electron chi connectivity index (χ1n) is 24.5. The molecule has 2 aliphatic heterocycles. The molecule has 2 heterocycles. The molecule has 2 aliphatic carbocycles. The van der Waals surface area contributed by atoms with Crippen LogP contribution in [0.2, 0.25) is 0 Å². The number of hydrogen-bond acceptors (Lipinski definition) is 3. The Morgan fingerprint density at radius 2 is 0.662 bits per heavy atom. The predicted molar refractivity (Wildman–Crippen MR) is 295 cm³/mol. The summed E-state index contributed by atoms with van der Waals surface area (Å²) in [5.41, 5.74) is 22.8. The monoisotopic (exact) mass is 937 g/mol. The van der Waals surface area contributed by atoms with Gasteiger partial charge >= 0.3 is 0 Å². The smallest absolute Gasteiger partial charge is 0.0736 e. The SMILES string of the molecule is c1ccc(-c2ccc(-c3ccccc3N(c3ccc4c(c3)C3(c5ccccc5Sc5ccccc53)c3ccccc3-4)c3cccc4c3-c3ccccc3C43c4ccccc4Sc4ccccc43)cc2)cc1. The fourth-order valence-corrected chi connectivity index (χ4v) is 15.2. The Kier molecular flexibility index (Phi) is 9.03. The molecule has 0 fully saturated rings. The average molecular weight is 938 g/mol. The van der Waals surface area contributed by atoms with Gasteiger partial charge in [-0.3, -0.25) is 0 Å². The molecule has 0 amide bonds. The third kappa shape index (κ3) is 5.68. The van der Waals surface area contributed by atoms with Gasteiger partial charge in [-0.2, -0.15) is 0 Å². The summed E-state index contributed by atoms with van der Waals surface area (Å²) < 4.78 is 0. The molecule has 11 aromatic carbocycles. The zero-order chi connectivity index (χ0) is 46.7. The fourth-order valence-electron chi connectivity index (χ4n) is 12.8. The van der Waals surface area contributed by atoms with E-state index in [1.54, 1.807) is 0 Å². The number of fused-ring (bicyclic) bond motifs is 18. The highest BCUT2D eigenvalue weighted by Crippen LogP contribution is 2.66. The minimum absolute atomic E-state index is 0.518. The van der Waals surface area contributed by atoms with Crippen molar-refractivity contribution in [2.75, 3.05) is 4.90 Å². The van der Waals surface area contributed by atoms with Crippen molar-refractivity contribution in [1.29, 1.82) is 0 Å². The van der Waals surface area contributed by atoms with Crippen LogP contribution >= 0.6 is 23.5 Å². The molecule has 11 aromatic rings. The van der Waals surface area contributed by atoms with Crippen LogP contribution < -0.4 is 4.90 Å². The molecule has 0 atom stereocenters. The summed E-state index contributed by atoms with van der Waals surface area (Å²) in [4.78, 5) is 7.80. The molecular formula is C68H43NS2. The lowest BCUT2D eigenvalue weighted by Gasteiger charge is -2.40. The normalized spacial score (nSPS) is 14.3. The Morgan fingerprint density at radius 1 is 0.254 bits per heavy atom. The molecule has 2 spiro atoms. The van der Waals surface area contributed by atoms with Gasteiger partial charge in [0.25, 0.3) is 0 Å². The highest BCUT2D eigenvalue weighted by molar-refractivity contribution is 7.99. The van der Waals surface area contributed by atoms with Crippen molar-refractivity contribution in [3.05, 3.63) is 305 Å². The van der Waals surface area contributed by atoms with Crippen LogP contribution in [0.5, 0.6) is 0 Å². The van der Waals surface area contributed by atoms with Gasteiger partial charge in [-0.15, -0.1) is 0 Å². The summed E-state index contributed by atoms with van der Waals surface area (Å²) in [5, 5.41) is 0. The van der Waals surface area contributed by atoms with E-state index in [2.05, 4.69) is 266 Å². The first kappa shape index (κ1) is 40.8. The molecule has 0 bridgehead atoms. The van der Waals surface area contributed by atoms with E-state index in [4.69, 9.17) is 0 Å². The maximum atomic E-state index is 2.59. The standard InChI is InChI=1S/C68H43NS2/c1-2-19-44(20-3-1)45-37-39-46(40-38-45)48-21-6-13-31-60(48)69(47-41-42-50-49-22-4-7-24-52(49)68(59(50)43-47)56-28-11-16-35-64(56)71-65-36-17-12-29-57(65)68)61-32-18-30-58-66(61)51-23-5-8-25-53(51)67(58)54-26-9-14-33-62(54)70-63-34-15-10-27-55(63)67/h1-43H. The van der Waals surface area contributed by atoms with Crippen molar-refractivity contribution in [3.8, 4) is 44.5 Å². The predicted octanol–water partition coefficient (Wildman–Crippen LogP) is 18.1. The Bertz CT molecular complexity index is 3870. The van der Waals surface area contributed by atoms with Crippen LogP contribution in [0.15, 0.2) is 280 Å². The van der Waals surface area contributed by atoms with E-state index in [9.17, 15) is 0 Å². The minimum atomic E-state index is -0.526. The largest absolute Gasteiger partial charge is 0.309 e. The van der Waals surface area contributed by atoms with E-state index >= 15 is 0 Å². The summed E-state index contributed by atoms with van der Waals surface area (Å²) in [6.07, 6.45) is 0. The first-order chi connectivity index (χ1) is 35.2.